The molecule has 162 valence electrons. The normalized spacial score (nSPS) is 18.9. The molecule has 1 aromatic carbocycles. The van der Waals surface area contributed by atoms with Crippen LogP contribution in [0.1, 0.15) is 23.6 Å². The summed E-state index contributed by atoms with van der Waals surface area (Å²) in [6, 6.07) is 6.37. The largest absolute Gasteiger partial charge is 0.445 e. The quantitative estimate of drug-likeness (QED) is 0.409. The van der Waals surface area contributed by atoms with Gasteiger partial charge in [0, 0.05) is 18.2 Å². The van der Waals surface area contributed by atoms with Crippen molar-refractivity contribution < 1.29 is 23.9 Å². The first-order chi connectivity index (χ1) is 14.3. The van der Waals surface area contributed by atoms with Gasteiger partial charge in [-0.1, -0.05) is 49.6 Å². The molecule has 30 heavy (non-hydrogen) atoms. The summed E-state index contributed by atoms with van der Waals surface area (Å²) < 4.78 is 10.00. The standard InChI is InChI=1S/C21H27N3O5S/c1-3-9-28-20(26)23-17(19(22)25)11-14-5-7-15(8-6-14)18-12-16(30)13-24(18)21(27)29-10-4-2/h3-8,16-18,30H,1-2,9-13H2,(H2,22,25)(H,23,26)/t16-,17-,18+/m0/s1. The van der Waals surface area contributed by atoms with E-state index in [2.05, 4.69) is 31.1 Å². The Kier molecular flexibility index (Phi) is 8.79. The number of thiol groups is 1. The van der Waals surface area contributed by atoms with Gasteiger partial charge in [0.15, 0.2) is 0 Å². The van der Waals surface area contributed by atoms with E-state index in [1.807, 2.05) is 24.3 Å². The van der Waals surface area contributed by atoms with Gasteiger partial charge in [0.25, 0.3) is 0 Å². The Bertz CT molecular complexity index is 783. The number of amides is 3. The van der Waals surface area contributed by atoms with E-state index in [1.165, 1.54) is 12.2 Å². The topological polar surface area (TPSA) is 111 Å². The molecule has 0 radical (unpaired) electrons. The third kappa shape index (κ3) is 6.55. The lowest BCUT2D eigenvalue weighted by atomic mass is 9.99. The summed E-state index contributed by atoms with van der Waals surface area (Å²) in [7, 11) is 0. The van der Waals surface area contributed by atoms with Crippen LogP contribution in [-0.2, 0) is 20.7 Å². The fourth-order valence-corrected chi connectivity index (χ4v) is 3.57. The van der Waals surface area contributed by atoms with Gasteiger partial charge in [0.1, 0.15) is 19.3 Å². The highest BCUT2D eigenvalue weighted by Gasteiger charge is 2.35. The number of likely N-dealkylation sites (tertiary alicyclic amines) is 1. The van der Waals surface area contributed by atoms with Gasteiger partial charge < -0.3 is 25.4 Å². The summed E-state index contributed by atoms with van der Waals surface area (Å²) in [5, 5.41) is 2.50. The van der Waals surface area contributed by atoms with Crippen LogP contribution in [-0.4, -0.2) is 54.0 Å². The lowest BCUT2D eigenvalue weighted by molar-refractivity contribution is -0.119. The highest BCUT2D eigenvalue weighted by Crippen LogP contribution is 2.35. The minimum atomic E-state index is -0.910. The number of hydrogen-bond acceptors (Lipinski definition) is 6. The number of primary amides is 1. The number of carbonyl (C=O) groups excluding carboxylic acids is 3. The number of nitrogens with zero attached hydrogens (tertiary/aromatic N) is 1. The van der Waals surface area contributed by atoms with Crippen molar-refractivity contribution in [2.24, 2.45) is 5.73 Å². The lowest BCUT2D eigenvalue weighted by Gasteiger charge is -2.24. The summed E-state index contributed by atoms with van der Waals surface area (Å²) in [5.41, 5.74) is 7.12. The summed E-state index contributed by atoms with van der Waals surface area (Å²) in [6.45, 7) is 7.67. The van der Waals surface area contributed by atoms with E-state index >= 15 is 0 Å². The SMILES string of the molecule is C=CCOC(=O)N[C@@H](Cc1ccc([C@H]2C[C@H](S)CN2C(=O)OCC=C)cc1)C(N)=O. The average molecular weight is 434 g/mol. The molecule has 0 aliphatic carbocycles. The van der Waals surface area contributed by atoms with Crippen molar-refractivity contribution in [3.05, 3.63) is 60.7 Å². The Morgan fingerprint density at radius 1 is 1.20 bits per heavy atom. The number of benzene rings is 1. The molecular formula is C21H27N3O5S. The zero-order valence-electron chi connectivity index (χ0n) is 16.7. The fourth-order valence-electron chi connectivity index (χ4n) is 3.20. The number of hydrogen-bond donors (Lipinski definition) is 3. The van der Waals surface area contributed by atoms with E-state index in [9.17, 15) is 14.4 Å². The molecule has 3 amide bonds. The van der Waals surface area contributed by atoms with Crippen LogP contribution < -0.4 is 11.1 Å². The van der Waals surface area contributed by atoms with Crippen molar-refractivity contribution >= 4 is 30.7 Å². The maximum absolute atomic E-state index is 12.3. The lowest BCUT2D eigenvalue weighted by Crippen LogP contribution is -2.46. The molecule has 0 unspecified atom stereocenters. The van der Waals surface area contributed by atoms with Crippen LogP contribution in [0.4, 0.5) is 9.59 Å². The molecule has 0 spiro atoms. The number of carbonyl (C=O) groups is 3. The molecule has 8 nitrogen and oxygen atoms in total. The van der Waals surface area contributed by atoms with Gasteiger partial charge in [0.2, 0.25) is 5.91 Å². The summed E-state index contributed by atoms with van der Waals surface area (Å²) >= 11 is 4.51. The second kappa shape index (κ2) is 11.3. The Morgan fingerprint density at radius 3 is 2.43 bits per heavy atom. The van der Waals surface area contributed by atoms with Gasteiger partial charge in [0.05, 0.1) is 6.04 Å². The van der Waals surface area contributed by atoms with Crippen LogP contribution in [0.15, 0.2) is 49.6 Å². The van der Waals surface area contributed by atoms with Crippen molar-refractivity contribution in [2.45, 2.75) is 30.2 Å². The molecule has 1 aliphatic heterocycles. The van der Waals surface area contributed by atoms with Gasteiger partial charge in [-0.05, 0) is 17.5 Å². The van der Waals surface area contributed by atoms with Crippen molar-refractivity contribution in [3.8, 4) is 0 Å². The molecule has 9 heteroatoms. The molecule has 0 saturated carbocycles. The van der Waals surface area contributed by atoms with E-state index < -0.39 is 24.1 Å². The third-order valence-corrected chi connectivity index (χ3v) is 4.98. The summed E-state index contributed by atoms with van der Waals surface area (Å²) in [5.74, 6) is -0.667. The first-order valence-electron chi connectivity index (χ1n) is 9.50. The average Bonchev–Trinajstić information content (AvgIpc) is 3.12. The third-order valence-electron chi connectivity index (χ3n) is 4.61. The van der Waals surface area contributed by atoms with Crippen LogP contribution in [0, 0.1) is 0 Å². The van der Waals surface area contributed by atoms with Gasteiger partial charge >= 0.3 is 12.2 Å². The van der Waals surface area contributed by atoms with E-state index in [1.54, 1.807) is 4.90 Å². The van der Waals surface area contributed by atoms with Gasteiger partial charge in [-0.15, -0.1) is 0 Å². The number of nitrogens with two attached hydrogens (primary N) is 1. The molecule has 1 heterocycles. The first kappa shape index (κ1) is 23.3. The predicted molar refractivity (Wildman–Crippen MR) is 116 cm³/mol. The molecule has 3 atom stereocenters. The first-order valence-corrected chi connectivity index (χ1v) is 10.0. The minimum absolute atomic E-state index is 0.0330. The smallest absolute Gasteiger partial charge is 0.410 e. The van der Waals surface area contributed by atoms with Crippen LogP contribution in [0.3, 0.4) is 0 Å². The molecule has 1 saturated heterocycles. The molecule has 0 bridgehead atoms. The van der Waals surface area contributed by atoms with Crippen LogP contribution >= 0.6 is 12.6 Å². The van der Waals surface area contributed by atoms with Crippen LogP contribution in [0.5, 0.6) is 0 Å². The Balaban J connectivity index is 2.05. The molecule has 2 rings (SSSR count). The van der Waals surface area contributed by atoms with Crippen molar-refractivity contribution in [1.29, 1.82) is 0 Å². The molecule has 0 aromatic heterocycles. The van der Waals surface area contributed by atoms with E-state index in [4.69, 9.17) is 15.2 Å². The summed E-state index contributed by atoms with van der Waals surface area (Å²) in [4.78, 5) is 37.3. The van der Waals surface area contributed by atoms with E-state index in [0.717, 1.165) is 11.1 Å². The van der Waals surface area contributed by atoms with Crippen molar-refractivity contribution in [3.63, 3.8) is 0 Å². The molecular weight excluding hydrogens is 406 g/mol. The van der Waals surface area contributed by atoms with E-state index in [0.29, 0.717) is 13.0 Å². The van der Waals surface area contributed by atoms with Gasteiger partial charge in [-0.3, -0.25) is 4.79 Å². The summed E-state index contributed by atoms with van der Waals surface area (Å²) in [6.07, 6.45) is 2.71. The number of nitrogens with one attached hydrogen (secondary N) is 1. The molecule has 1 fully saturated rings. The second-order valence-corrected chi connectivity index (χ2v) is 7.59. The minimum Gasteiger partial charge on any atom is -0.445 e. The highest BCUT2D eigenvalue weighted by atomic mass is 32.1. The molecule has 3 N–H and O–H groups in total. The molecule has 1 aromatic rings. The van der Waals surface area contributed by atoms with Crippen LogP contribution in [0.25, 0.3) is 0 Å². The van der Waals surface area contributed by atoms with E-state index in [-0.39, 0.29) is 30.9 Å². The monoisotopic (exact) mass is 433 g/mol. The number of rotatable bonds is 9. The number of alkyl carbamates (subject to hydrolysis) is 1. The van der Waals surface area contributed by atoms with Gasteiger partial charge in [-0.2, -0.15) is 12.6 Å². The maximum atomic E-state index is 12.3. The second-order valence-electron chi connectivity index (χ2n) is 6.86. The predicted octanol–water partition coefficient (Wildman–Crippen LogP) is 2.36. The Morgan fingerprint density at radius 2 is 1.83 bits per heavy atom. The Labute approximate surface area is 181 Å². The number of ether oxygens (including phenoxy) is 2. The fraction of sp³-hybridized carbons (Fsp3) is 0.381. The molecule has 1 aliphatic rings. The Hall–Kier alpha value is -2.94. The van der Waals surface area contributed by atoms with Crippen LogP contribution in [0.2, 0.25) is 0 Å². The zero-order valence-corrected chi connectivity index (χ0v) is 17.6. The maximum Gasteiger partial charge on any atom is 0.410 e. The highest BCUT2D eigenvalue weighted by molar-refractivity contribution is 7.81. The van der Waals surface area contributed by atoms with Crippen molar-refractivity contribution in [1.82, 2.24) is 10.2 Å². The van der Waals surface area contributed by atoms with Crippen molar-refractivity contribution in [2.75, 3.05) is 19.8 Å². The van der Waals surface area contributed by atoms with Gasteiger partial charge in [-0.25, -0.2) is 9.59 Å². The zero-order chi connectivity index (χ0) is 22.1.